The van der Waals surface area contributed by atoms with Crippen molar-refractivity contribution in [3.8, 4) is 5.75 Å². The molecule has 1 unspecified atom stereocenters. The summed E-state index contributed by atoms with van der Waals surface area (Å²) in [7, 11) is 1.24. The van der Waals surface area contributed by atoms with Crippen LogP contribution in [0.3, 0.4) is 0 Å². The zero-order valence-electron chi connectivity index (χ0n) is 23.6. The van der Waals surface area contributed by atoms with E-state index in [9.17, 15) is 19.2 Å². The lowest BCUT2D eigenvalue weighted by Crippen LogP contribution is -2.57. The van der Waals surface area contributed by atoms with Crippen molar-refractivity contribution in [2.75, 3.05) is 26.9 Å². The Kier molecular flexibility index (Phi) is 9.21. The van der Waals surface area contributed by atoms with Gasteiger partial charge in [0, 0.05) is 18.5 Å². The third kappa shape index (κ3) is 6.86. The number of methoxy groups -OCH3 is 1. The molecule has 1 N–H and O–H groups in total. The highest BCUT2D eigenvalue weighted by Gasteiger charge is 2.47. The molecule has 11 nitrogen and oxygen atoms in total. The molecule has 0 radical (unpaired) electrons. The number of nitrogens with one attached hydrogen (secondary N) is 1. The molecular formula is C29H39N3O8. The third-order valence-corrected chi connectivity index (χ3v) is 7.32. The van der Waals surface area contributed by atoms with E-state index in [1.54, 1.807) is 4.90 Å². The summed E-state index contributed by atoms with van der Waals surface area (Å²) in [5.41, 5.74) is 1.24. The van der Waals surface area contributed by atoms with Crippen molar-refractivity contribution in [3.05, 3.63) is 41.5 Å². The molecule has 3 aliphatic heterocycles. The molecule has 0 aromatic heterocycles. The average molecular weight is 558 g/mol. The number of benzene rings is 1. The van der Waals surface area contributed by atoms with Gasteiger partial charge in [-0.25, -0.2) is 14.4 Å². The summed E-state index contributed by atoms with van der Waals surface area (Å²) >= 11 is 0. The van der Waals surface area contributed by atoms with Crippen LogP contribution in [0.25, 0.3) is 0 Å². The number of rotatable bonds is 1. The smallest absolute Gasteiger partial charge is 0.410 e. The van der Waals surface area contributed by atoms with E-state index >= 15 is 0 Å². The van der Waals surface area contributed by atoms with Gasteiger partial charge in [-0.05, 0) is 36.3 Å². The summed E-state index contributed by atoms with van der Waals surface area (Å²) in [6.45, 7) is 6.84. The normalized spacial score (nSPS) is 24.7. The Hall–Kier alpha value is -3.76. The van der Waals surface area contributed by atoms with E-state index in [4.69, 9.17) is 18.9 Å². The molecule has 0 spiro atoms. The van der Waals surface area contributed by atoms with Crippen LogP contribution in [0.2, 0.25) is 0 Å². The van der Waals surface area contributed by atoms with Crippen molar-refractivity contribution < 1.29 is 38.1 Å². The van der Waals surface area contributed by atoms with Crippen molar-refractivity contribution in [2.24, 2.45) is 5.41 Å². The van der Waals surface area contributed by atoms with Crippen LogP contribution in [-0.4, -0.2) is 78.9 Å². The minimum atomic E-state index is -0.981. The number of carbonyl (C=O) groups is 4. The second-order valence-corrected chi connectivity index (χ2v) is 11.4. The number of hydrogen-bond donors (Lipinski definition) is 1. The second kappa shape index (κ2) is 12.6. The Morgan fingerprint density at radius 2 is 1.82 bits per heavy atom. The van der Waals surface area contributed by atoms with Gasteiger partial charge in [-0.2, -0.15) is 0 Å². The Balaban J connectivity index is 1.57. The summed E-state index contributed by atoms with van der Waals surface area (Å²) in [5, 5.41) is 2.68. The third-order valence-electron chi connectivity index (χ3n) is 7.32. The largest absolute Gasteiger partial charge is 0.493 e. The molecule has 3 heterocycles. The quantitative estimate of drug-likeness (QED) is 0.316. The van der Waals surface area contributed by atoms with Crippen LogP contribution in [0.1, 0.15) is 57.6 Å². The monoisotopic (exact) mass is 557 g/mol. The van der Waals surface area contributed by atoms with Crippen molar-refractivity contribution in [1.82, 2.24) is 15.1 Å². The Bertz CT molecular complexity index is 1140. The van der Waals surface area contributed by atoms with E-state index in [1.165, 1.54) is 12.0 Å². The SMILES string of the molecule is COC(=O)C1C[C@@H]2CN1C(=O)[C@H](C(C)(C)C)NC(=O)OCCCC=CCCOc1cccc3c1CN(C3)C(=O)O2. The van der Waals surface area contributed by atoms with Gasteiger partial charge in [-0.1, -0.05) is 45.1 Å². The highest BCUT2D eigenvalue weighted by Crippen LogP contribution is 2.33. The summed E-state index contributed by atoms with van der Waals surface area (Å²) in [5.74, 6) is -0.353. The van der Waals surface area contributed by atoms with Crippen LogP contribution >= 0.6 is 0 Å². The topological polar surface area (TPSA) is 124 Å². The van der Waals surface area contributed by atoms with Gasteiger partial charge < -0.3 is 29.2 Å². The summed E-state index contributed by atoms with van der Waals surface area (Å²) in [6, 6.07) is 3.82. The van der Waals surface area contributed by atoms with E-state index < -0.39 is 47.7 Å². The molecule has 11 heteroatoms. The number of amides is 3. The fourth-order valence-corrected chi connectivity index (χ4v) is 5.17. The molecule has 0 saturated carbocycles. The fourth-order valence-electron chi connectivity index (χ4n) is 5.17. The Morgan fingerprint density at radius 1 is 1.05 bits per heavy atom. The maximum Gasteiger partial charge on any atom is 0.410 e. The number of alkyl carbamates (subject to hydrolysis) is 1. The number of carbonyl (C=O) groups excluding carboxylic acids is 4. The second-order valence-electron chi connectivity index (χ2n) is 11.4. The van der Waals surface area contributed by atoms with Gasteiger partial charge in [0.25, 0.3) is 0 Å². The predicted octanol–water partition coefficient (Wildman–Crippen LogP) is 3.54. The standard InChI is InChI=1S/C29H39N3O8/c1-29(2,3)24-25(33)32-17-20(15-22(32)26(34)37-4)40-28(36)31-16-19-11-10-12-23(21(19)18-31)38-13-8-6-5-7-9-14-39-27(35)30-24/h5-6,10-12,20,22,24H,7-9,13-18H2,1-4H3,(H,30,35)/t20-,22?,24-/m1/s1. The van der Waals surface area contributed by atoms with E-state index in [1.807, 2.05) is 51.1 Å². The van der Waals surface area contributed by atoms with E-state index in [2.05, 4.69) is 5.32 Å². The molecule has 0 aliphatic carbocycles. The minimum Gasteiger partial charge on any atom is -0.493 e. The lowest BCUT2D eigenvalue weighted by Gasteiger charge is -2.34. The number of fused-ring (bicyclic) bond motifs is 3. The highest BCUT2D eigenvalue weighted by molar-refractivity contribution is 5.91. The van der Waals surface area contributed by atoms with Crippen LogP contribution < -0.4 is 10.1 Å². The van der Waals surface area contributed by atoms with Crippen molar-refractivity contribution in [1.29, 1.82) is 0 Å². The van der Waals surface area contributed by atoms with Crippen molar-refractivity contribution in [3.63, 3.8) is 0 Å². The number of hydrogen-bond acceptors (Lipinski definition) is 8. The van der Waals surface area contributed by atoms with Gasteiger partial charge >= 0.3 is 18.2 Å². The average Bonchev–Trinajstić information content (AvgIpc) is 3.54. The van der Waals surface area contributed by atoms with Gasteiger partial charge in [-0.3, -0.25) is 9.69 Å². The van der Waals surface area contributed by atoms with Crippen LogP contribution in [0.4, 0.5) is 9.59 Å². The first kappa shape index (κ1) is 29.2. The van der Waals surface area contributed by atoms with Crippen LogP contribution in [0.5, 0.6) is 5.75 Å². The zero-order chi connectivity index (χ0) is 28.9. The fraction of sp³-hybridized carbons (Fsp3) is 0.586. The van der Waals surface area contributed by atoms with Gasteiger partial charge in [0.15, 0.2) is 0 Å². The molecule has 40 heavy (non-hydrogen) atoms. The molecule has 3 amide bonds. The molecule has 218 valence electrons. The van der Waals surface area contributed by atoms with Crippen molar-refractivity contribution >= 4 is 24.1 Å². The van der Waals surface area contributed by atoms with Crippen LogP contribution in [-0.2, 0) is 36.9 Å². The molecule has 1 fully saturated rings. The van der Waals surface area contributed by atoms with E-state index in [-0.39, 0.29) is 19.6 Å². The minimum absolute atomic E-state index is 0.00483. The lowest BCUT2D eigenvalue weighted by molar-refractivity contribution is -0.152. The van der Waals surface area contributed by atoms with Crippen molar-refractivity contribution in [2.45, 2.75) is 77.7 Å². The Morgan fingerprint density at radius 3 is 2.58 bits per heavy atom. The number of cyclic esters (lactones) is 1. The summed E-state index contributed by atoms with van der Waals surface area (Å²) in [4.78, 5) is 55.1. The zero-order valence-corrected chi connectivity index (χ0v) is 23.6. The first-order valence-corrected chi connectivity index (χ1v) is 13.7. The van der Waals surface area contributed by atoms with E-state index in [0.717, 1.165) is 23.3 Å². The Labute approximate surface area is 234 Å². The molecule has 4 bridgehead atoms. The van der Waals surface area contributed by atoms with Gasteiger partial charge in [0.2, 0.25) is 5.91 Å². The van der Waals surface area contributed by atoms with Gasteiger partial charge in [0.1, 0.15) is 23.9 Å². The number of ether oxygens (including phenoxy) is 4. The summed E-state index contributed by atoms with van der Waals surface area (Å²) in [6.07, 6.45) is 4.22. The van der Waals surface area contributed by atoms with Crippen LogP contribution in [0, 0.1) is 5.41 Å². The predicted molar refractivity (Wildman–Crippen MR) is 144 cm³/mol. The van der Waals surface area contributed by atoms with E-state index in [0.29, 0.717) is 32.5 Å². The molecule has 1 aromatic rings. The molecular weight excluding hydrogens is 518 g/mol. The summed E-state index contributed by atoms with van der Waals surface area (Å²) < 4.78 is 22.1. The molecule has 3 atom stereocenters. The molecule has 1 aromatic carbocycles. The van der Waals surface area contributed by atoms with Crippen LogP contribution in [0.15, 0.2) is 30.4 Å². The first-order valence-electron chi connectivity index (χ1n) is 13.7. The molecule has 4 rings (SSSR count). The number of nitrogens with zero attached hydrogens (tertiary/aromatic N) is 2. The first-order chi connectivity index (χ1) is 19.1. The highest BCUT2D eigenvalue weighted by atomic mass is 16.6. The lowest BCUT2D eigenvalue weighted by atomic mass is 9.85. The number of esters is 1. The van der Waals surface area contributed by atoms with Gasteiger partial charge in [0.05, 0.1) is 33.4 Å². The molecule has 3 aliphatic rings. The molecule has 1 saturated heterocycles. The maximum atomic E-state index is 13.8. The van der Waals surface area contributed by atoms with Gasteiger partial charge in [-0.15, -0.1) is 0 Å². The number of allylic oxidation sites excluding steroid dienone is 1. The maximum absolute atomic E-state index is 13.8.